The van der Waals surface area contributed by atoms with E-state index in [-0.39, 0.29) is 11.4 Å². The van der Waals surface area contributed by atoms with Crippen LogP contribution < -0.4 is 5.56 Å². The first-order valence-electron chi connectivity index (χ1n) is 6.28. The van der Waals surface area contributed by atoms with E-state index in [2.05, 4.69) is 9.97 Å². The van der Waals surface area contributed by atoms with Crippen molar-refractivity contribution in [3.8, 4) is 0 Å². The molecule has 2 aromatic heterocycles. The summed E-state index contributed by atoms with van der Waals surface area (Å²) in [6, 6.07) is 6.32. The Kier molecular flexibility index (Phi) is 3.14. The van der Waals surface area contributed by atoms with Crippen LogP contribution in [0.25, 0.3) is 10.2 Å². The quantitative estimate of drug-likeness (QED) is 0.786. The van der Waals surface area contributed by atoms with Gasteiger partial charge in [-0.25, -0.2) is 9.37 Å². The van der Waals surface area contributed by atoms with E-state index >= 15 is 0 Å². The minimum Gasteiger partial charge on any atom is -0.310 e. The molecule has 2 heterocycles. The summed E-state index contributed by atoms with van der Waals surface area (Å²) in [6.07, 6.45) is 0.416. The fourth-order valence-electron chi connectivity index (χ4n) is 2.22. The van der Waals surface area contributed by atoms with Crippen LogP contribution in [0.5, 0.6) is 0 Å². The van der Waals surface area contributed by atoms with E-state index in [9.17, 15) is 9.18 Å². The molecule has 3 nitrogen and oxygen atoms in total. The molecule has 3 aromatic rings. The van der Waals surface area contributed by atoms with Crippen molar-refractivity contribution >= 4 is 21.6 Å². The van der Waals surface area contributed by atoms with E-state index in [1.165, 1.54) is 23.5 Å². The molecule has 102 valence electrons. The van der Waals surface area contributed by atoms with Gasteiger partial charge in [0, 0.05) is 11.3 Å². The Balaban J connectivity index is 2.07. The van der Waals surface area contributed by atoms with Crippen molar-refractivity contribution in [3.05, 3.63) is 62.3 Å². The normalized spacial score (nSPS) is 11.2. The number of nitrogens with one attached hydrogen (secondary N) is 1. The molecule has 20 heavy (non-hydrogen) atoms. The van der Waals surface area contributed by atoms with Gasteiger partial charge in [-0.15, -0.1) is 11.3 Å². The van der Waals surface area contributed by atoms with Crippen LogP contribution in [0, 0.1) is 19.7 Å². The molecule has 0 amide bonds. The first-order chi connectivity index (χ1) is 9.54. The smallest absolute Gasteiger partial charge is 0.259 e. The van der Waals surface area contributed by atoms with Gasteiger partial charge in [-0.3, -0.25) is 4.79 Å². The Morgan fingerprint density at radius 2 is 2.15 bits per heavy atom. The van der Waals surface area contributed by atoms with Crippen LogP contribution in [0.15, 0.2) is 29.1 Å². The highest BCUT2D eigenvalue weighted by Crippen LogP contribution is 2.25. The Labute approximate surface area is 119 Å². The van der Waals surface area contributed by atoms with Gasteiger partial charge in [-0.05, 0) is 37.1 Å². The van der Waals surface area contributed by atoms with Gasteiger partial charge in [-0.2, -0.15) is 0 Å². The predicted octanol–water partition coefficient (Wildman–Crippen LogP) is 3.33. The minimum atomic E-state index is -0.284. The van der Waals surface area contributed by atoms with E-state index in [0.717, 1.165) is 20.8 Å². The lowest BCUT2D eigenvalue weighted by Gasteiger charge is -2.02. The van der Waals surface area contributed by atoms with Crippen molar-refractivity contribution in [1.82, 2.24) is 9.97 Å². The summed E-state index contributed by atoms with van der Waals surface area (Å²) in [7, 11) is 0. The molecular formula is C15H13FN2OS. The highest BCUT2D eigenvalue weighted by atomic mass is 32.1. The Bertz CT molecular complexity index is 851. The molecule has 0 saturated carbocycles. The molecule has 5 heteroatoms. The monoisotopic (exact) mass is 288 g/mol. The fraction of sp³-hybridized carbons (Fsp3) is 0.200. The SMILES string of the molecule is Cc1sc2nc(Cc3cccc(F)c3)[nH]c(=O)c2c1C. The number of benzene rings is 1. The summed E-state index contributed by atoms with van der Waals surface area (Å²) < 4.78 is 13.2. The number of hydrogen-bond donors (Lipinski definition) is 1. The molecule has 1 N–H and O–H groups in total. The molecule has 0 aliphatic rings. The zero-order valence-corrected chi connectivity index (χ0v) is 12.0. The summed E-state index contributed by atoms with van der Waals surface area (Å²) in [5.74, 6) is 0.281. The van der Waals surface area contributed by atoms with Crippen molar-refractivity contribution in [1.29, 1.82) is 0 Å². The predicted molar refractivity (Wildman–Crippen MR) is 78.9 cm³/mol. The molecule has 0 fully saturated rings. The maximum absolute atomic E-state index is 13.2. The third-order valence-electron chi connectivity index (χ3n) is 3.35. The van der Waals surface area contributed by atoms with Crippen LogP contribution in [0.4, 0.5) is 4.39 Å². The molecule has 0 radical (unpaired) electrons. The number of nitrogens with zero attached hydrogens (tertiary/aromatic N) is 1. The van der Waals surface area contributed by atoms with E-state index in [1.54, 1.807) is 6.07 Å². The van der Waals surface area contributed by atoms with Gasteiger partial charge >= 0.3 is 0 Å². The zero-order valence-electron chi connectivity index (χ0n) is 11.2. The molecule has 0 unspecified atom stereocenters. The largest absolute Gasteiger partial charge is 0.310 e. The van der Waals surface area contributed by atoms with Crippen LogP contribution in [-0.2, 0) is 6.42 Å². The van der Waals surface area contributed by atoms with Crippen molar-refractivity contribution in [2.75, 3.05) is 0 Å². The number of aromatic amines is 1. The van der Waals surface area contributed by atoms with Crippen molar-refractivity contribution in [3.63, 3.8) is 0 Å². The standard InChI is InChI=1S/C15H13FN2OS/c1-8-9(2)20-15-13(8)14(19)17-12(18-15)7-10-4-3-5-11(16)6-10/h3-6H,7H2,1-2H3,(H,17,18,19). The number of rotatable bonds is 2. The summed E-state index contributed by atoms with van der Waals surface area (Å²) in [5.41, 5.74) is 1.65. The number of thiophene rings is 1. The molecule has 0 aliphatic heterocycles. The maximum atomic E-state index is 13.2. The van der Waals surface area contributed by atoms with Gasteiger partial charge in [0.1, 0.15) is 16.5 Å². The Hall–Kier alpha value is -2.01. The van der Waals surface area contributed by atoms with E-state index in [1.807, 2.05) is 19.9 Å². The molecule has 0 aliphatic carbocycles. The van der Waals surface area contributed by atoms with Crippen LogP contribution >= 0.6 is 11.3 Å². The summed E-state index contributed by atoms with van der Waals surface area (Å²) in [5, 5.41) is 0.662. The van der Waals surface area contributed by atoms with Crippen LogP contribution in [-0.4, -0.2) is 9.97 Å². The fourth-order valence-corrected chi connectivity index (χ4v) is 3.27. The lowest BCUT2D eigenvalue weighted by Crippen LogP contribution is -2.11. The number of halogens is 1. The lowest BCUT2D eigenvalue weighted by molar-refractivity contribution is 0.626. The first-order valence-corrected chi connectivity index (χ1v) is 7.09. The second kappa shape index (κ2) is 4.83. The number of aromatic nitrogens is 2. The molecule has 0 spiro atoms. The van der Waals surface area contributed by atoms with Crippen LogP contribution in [0.3, 0.4) is 0 Å². The highest BCUT2D eigenvalue weighted by Gasteiger charge is 2.12. The van der Waals surface area contributed by atoms with Crippen molar-refractivity contribution < 1.29 is 4.39 Å². The topological polar surface area (TPSA) is 45.8 Å². The number of H-pyrrole nitrogens is 1. The number of hydrogen-bond acceptors (Lipinski definition) is 3. The Morgan fingerprint density at radius 1 is 1.35 bits per heavy atom. The van der Waals surface area contributed by atoms with Crippen molar-refractivity contribution in [2.24, 2.45) is 0 Å². The maximum Gasteiger partial charge on any atom is 0.259 e. The van der Waals surface area contributed by atoms with Gasteiger partial charge in [0.05, 0.1) is 5.39 Å². The number of fused-ring (bicyclic) bond motifs is 1. The lowest BCUT2D eigenvalue weighted by atomic mass is 10.1. The second-order valence-electron chi connectivity index (χ2n) is 4.78. The third-order valence-corrected chi connectivity index (χ3v) is 4.45. The molecular weight excluding hydrogens is 275 g/mol. The molecule has 0 bridgehead atoms. The highest BCUT2D eigenvalue weighted by molar-refractivity contribution is 7.18. The average molecular weight is 288 g/mol. The van der Waals surface area contributed by atoms with Gasteiger partial charge < -0.3 is 4.98 Å². The van der Waals surface area contributed by atoms with Crippen molar-refractivity contribution in [2.45, 2.75) is 20.3 Å². The van der Waals surface area contributed by atoms with Gasteiger partial charge in [0.2, 0.25) is 0 Å². The van der Waals surface area contributed by atoms with Gasteiger partial charge in [0.25, 0.3) is 5.56 Å². The average Bonchev–Trinajstić information content (AvgIpc) is 2.65. The molecule has 1 aromatic carbocycles. The molecule has 0 saturated heterocycles. The summed E-state index contributed by atoms with van der Waals surface area (Å²) in [6.45, 7) is 3.91. The molecule has 0 atom stereocenters. The van der Waals surface area contributed by atoms with Crippen LogP contribution in [0.2, 0.25) is 0 Å². The summed E-state index contributed by atoms with van der Waals surface area (Å²) in [4.78, 5) is 21.2. The number of aryl methyl sites for hydroxylation is 2. The molecule has 3 rings (SSSR count). The van der Waals surface area contributed by atoms with E-state index < -0.39 is 0 Å². The third kappa shape index (κ3) is 2.25. The second-order valence-corrected chi connectivity index (χ2v) is 5.99. The zero-order chi connectivity index (χ0) is 14.3. The minimum absolute atomic E-state index is 0.122. The van der Waals surface area contributed by atoms with Gasteiger partial charge in [0.15, 0.2) is 0 Å². The van der Waals surface area contributed by atoms with Gasteiger partial charge in [-0.1, -0.05) is 12.1 Å². The van der Waals surface area contributed by atoms with E-state index in [0.29, 0.717) is 17.6 Å². The van der Waals surface area contributed by atoms with Crippen LogP contribution in [0.1, 0.15) is 21.8 Å². The first kappa shape index (κ1) is 13.0. The summed E-state index contributed by atoms with van der Waals surface area (Å²) >= 11 is 1.52. The Morgan fingerprint density at radius 3 is 2.90 bits per heavy atom. The van der Waals surface area contributed by atoms with E-state index in [4.69, 9.17) is 0 Å².